The van der Waals surface area contributed by atoms with Gasteiger partial charge in [0.05, 0.1) is 0 Å². The largest absolute Gasteiger partial charge is 0.476 e. The average Bonchev–Trinajstić information content (AvgIpc) is 2.25. The molecule has 0 unspecified atom stereocenters. The first kappa shape index (κ1) is 11.4. The van der Waals surface area contributed by atoms with Crippen molar-refractivity contribution in [3.8, 4) is 0 Å². The summed E-state index contributed by atoms with van der Waals surface area (Å²) in [5.74, 6) is -0.472. The molecule has 1 heterocycles. The summed E-state index contributed by atoms with van der Waals surface area (Å²) >= 11 is 0. The number of nitrogens with one attached hydrogen (secondary N) is 2. The van der Waals surface area contributed by atoms with E-state index in [4.69, 9.17) is 5.11 Å². The van der Waals surface area contributed by atoms with Gasteiger partial charge < -0.3 is 15.7 Å². The summed E-state index contributed by atoms with van der Waals surface area (Å²) in [7, 11) is 1.89. The van der Waals surface area contributed by atoms with Crippen LogP contribution in [0.2, 0.25) is 0 Å². The average molecular weight is 210 g/mol. The Balaban J connectivity index is 2.39. The topological polar surface area (TPSA) is 87.1 Å². The minimum atomic E-state index is -1.07. The first-order chi connectivity index (χ1) is 7.24. The Bertz CT molecular complexity index is 312. The number of carboxylic acids is 1. The lowest BCUT2D eigenvalue weighted by Gasteiger charge is -2.03. The molecule has 6 nitrogen and oxygen atoms in total. The van der Waals surface area contributed by atoms with Gasteiger partial charge in [0.1, 0.15) is 5.82 Å². The fourth-order valence-electron chi connectivity index (χ4n) is 1.02. The van der Waals surface area contributed by atoms with Crippen molar-refractivity contribution in [2.75, 3.05) is 25.5 Å². The second-order valence-electron chi connectivity index (χ2n) is 2.99. The molecule has 15 heavy (non-hydrogen) atoms. The molecule has 1 rings (SSSR count). The SMILES string of the molecule is CNCCCNc1ccc(C(=O)O)nn1. The number of hydrogen-bond donors (Lipinski definition) is 3. The number of rotatable bonds is 6. The molecule has 1 aromatic heterocycles. The zero-order chi connectivity index (χ0) is 11.1. The van der Waals surface area contributed by atoms with Crippen LogP contribution in [0.4, 0.5) is 5.82 Å². The third kappa shape index (κ3) is 3.90. The smallest absolute Gasteiger partial charge is 0.356 e. The van der Waals surface area contributed by atoms with Crippen LogP contribution in [0.1, 0.15) is 16.9 Å². The number of anilines is 1. The van der Waals surface area contributed by atoms with Gasteiger partial charge in [-0.3, -0.25) is 0 Å². The van der Waals surface area contributed by atoms with Gasteiger partial charge in [-0.1, -0.05) is 0 Å². The van der Waals surface area contributed by atoms with Crippen molar-refractivity contribution >= 4 is 11.8 Å². The first-order valence-corrected chi connectivity index (χ1v) is 4.69. The van der Waals surface area contributed by atoms with Crippen LogP contribution in [0, 0.1) is 0 Å². The summed E-state index contributed by atoms with van der Waals surface area (Å²) < 4.78 is 0. The normalized spacial score (nSPS) is 9.93. The predicted octanol–water partition coefficient (Wildman–Crippen LogP) is 0.196. The summed E-state index contributed by atoms with van der Waals surface area (Å²) in [5.41, 5.74) is -0.0456. The van der Waals surface area contributed by atoms with E-state index in [0.29, 0.717) is 5.82 Å². The number of hydrogen-bond acceptors (Lipinski definition) is 5. The van der Waals surface area contributed by atoms with Crippen molar-refractivity contribution in [1.82, 2.24) is 15.5 Å². The van der Waals surface area contributed by atoms with Crippen LogP contribution in [-0.4, -0.2) is 41.4 Å². The minimum absolute atomic E-state index is 0.0456. The molecule has 6 heteroatoms. The molecule has 0 aliphatic carbocycles. The Morgan fingerprint density at radius 2 is 2.20 bits per heavy atom. The fourth-order valence-corrected chi connectivity index (χ4v) is 1.02. The Morgan fingerprint density at radius 1 is 1.40 bits per heavy atom. The van der Waals surface area contributed by atoms with Gasteiger partial charge in [-0.15, -0.1) is 10.2 Å². The van der Waals surface area contributed by atoms with E-state index in [9.17, 15) is 4.79 Å². The van der Waals surface area contributed by atoms with E-state index in [-0.39, 0.29) is 5.69 Å². The monoisotopic (exact) mass is 210 g/mol. The molecule has 0 bridgehead atoms. The number of carbonyl (C=O) groups is 1. The highest BCUT2D eigenvalue weighted by molar-refractivity contribution is 5.85. The van der Waals surface area contributed by atoms with E-state index in [1.165, 1.54) is 6.07 Å². The molecular formula is C9H14N4O2. The van der Waals surface area contributed by atoms with Crippen molar-refractivity contribution in [1.29, 1.82) is 0 Å². The van der Waals surface area contributed by atoms with Crippen LogP contribution in [0.25, 0.3) is 0 Å². The van der Waals surface area contributed by atoms with E-state index in [1.54, 1.807) is 6.07 Å². The zero-order valence-corrected chi connectivity index (χ0v) is 8.53. The molecule has 0 amide bonds. The van der Waals surface area contributed by atoms with Gasteiger partial charge >= 0.3 is 5.97 Å². The lowest BCUT2D eigenvalue weighted by molar-refractivity contribution is 0.0689. The second kappa shape index (κ2) is 5.92. The quantitative estimate of drug-likeness (QED) is 0.581. The Kier molecular flexibility index (Phi) is 4.49. The maximum Gasteiger partial charge on any atom is 0.356 e. The van der Waals surface area contributed by atoms with Crippen LogP contribution in [0.15, 0.2) is 12.1 Å². The van der Waals surface area contributed by atoms with Crippen molar-refractivity contribution in [2.45, 2.75) is 6.42 Å². The van der Waals surface area contributed by atoms with Crippen LogP contribution in [-0.2, 0) is 0 Å². The van der Waals surface area contributed by atoms with E-state index >= 15 is 0 Å². The predicted molar refractivity (Wildman–Crippen MR) is 56.0 cm³/mol. The Labute approximate surface area is 87.7 Å². The number of nitrogens with zero attached hydrogens (tertiary/aromatic N) is 2. The van der Waals surface area contributed by atoms with Gasteiger partial charge in [0.2, 0.25) is 0 Å². The lowest BCUT2D eigenvalue weighted by Crippen LogP contribution is -2.13. The summed E-state index contributed by atoms with van der Waals surface area (Å²) in [5, 5.41) is 21.9. The van der Waals surface area contributed by atoms with Crippen LogP contribution >= 0.6 is 0 Å². The maximum atomic E-state index is 10.5. The molecule has 1 aromatic rings. The molecule has 0 aliphatic rings. The highest BCUT2D eigenvalue weighted by Crippen LogP contribution is 2.01. The molecule has 0 radical (unpaired) electrons. The second-order valence-corrected chi connectivity index (χ2v) is 2.99. The summed E-state index contributed by atoms with van der Waals surface area (Å²) in [6.07, 6.45) is 0.971. The molecule has 3 N–H and O–H groups in total. The van der Waals surface area contributed by atoms with Crippen LogP contribution in [0.5, 0.6) is 0 Å². The van der Waals surface area contributed by atoms with E-state index in [0.717, 1.165) is 19.5 Å². The highest BCUT2D eigenvalue weighted by atomic mass is 16.4. The standard InChI is InChI=1S/C9H14N4O2/c1-10-5-2-6-11-8-4-3-7(9(14)15)12-13-8/h3-4,10H,2,5-6H2,1H3,(H,11,13)(H,14,15). The van der Waals surface area contributed by atoms with E-state index < -0.39 is 5.97 Å². The number of aromatic nitrogens is 2. The third-order valence-corrected chi connectivity index (χ3v) is 1.79. The van der Waals surface area contributed by atoms with Gasteiger partial charge in [-0.05, 0) is 32.1 Å². The molecule has 0 spiro atoms. The summed E-state index contributed by atoms with van der Waals surface area (Å²) in [6.45, 7) is 1.70. The first-order valence-electron chi connectivity index (χ1n) is 4.69. The van der Waals surface area contributed by atoms with Crippen molar-refractivity contribution in [3.05, 3.63) is 17.8 Å². The van der Waals surface area contributed by atoms with Gasteiger partial charge in [0, 0.05) is 6.54 Å². The van der Waals surface area contributed by atoms with E-state index in [2.05, 4.69) is 20.8 Å². The van der Waals surface area contributed by atoms with Gasteiger partial charge in [-0.25, -0.2) is 4.79 Å². The van der Waals surface area contributed by atoms with Crippen molar-refractivity contribution in [3.63, 3.8) is 0 Å². The molecule has 0 aliphatic heterocycles. The summed E-state index contributed by atoms with van der Waals surface area (Å²) in [6, 6.07) is 3.03. The van der Waals surface area contributed by atoms with Gasteiger partial charge in [0.15, 0.2) is 5.69 Å². The molecule has 0 atom stereocenters. The highest BCUT2D eigenvalue weighted by Gasteiger charge is 2.04. The third-order valence-electron chi connectivity index (χ3n) is 1.79. The lowest BCUT2D eigenvalue weighted by atomic mass is 10.4. The van der Waals surface area contributed by atoms with Crippen molar-refractivity contribution in [2.24, 2.45) is 0 Å². The molecule has 0 saturated carbocycles. The van der Waals surface area contributed by atoms with Gasteiger partial charge in [0.25, 0.3) is 0 Å². The molecule has 0 saturated heterocycles. The molecule has 82 valence electrons. The summed E-state index contributed by atoms with van der Waals surface area (Å²) in [4.78, 5) is 10.5. The molecular weight excluding hydrogens is 196 g/mol. The number of aromatic carboxylic acids is 1. The maximum absolute atomic E-state index is 10.5. The minimum Gasteiger partial charge on any atom is -0.476 e. The van der Waals surface area contributed by atoms with Crippen molar-refractivity contribution < 1.29 is 9.90 Å². The van der Waals surface area contributed by atoms with Gasteiger partial charge in [-0.2, -0.15) is 0 Å². The van der Waals surface area contributed by atoms with Crippen LogP contribution < -0.4 is 10.6 Å². The van der Waals surface area contributed by atoms with E-state index in [1.807, 2.05) is 7.05 Å². The Morgan fingerprint density at radius 3 is 2.73 bits per heavy atom. The molecule has 0 fully saturated rings. The molecule has 0 aromatic carbocycles. The zero-order valence-electron chi connectivity index (χ0n) is 8.53. The Hall–Kier alpha value is -1.69. The number of carboxylic acid groups (broad SMARTS) is 1. The van der Waals surface area contributed by atoms with Crippen LogP contribution in [0.3, 0.4) is 0 Å². The fraction of sp³-hybridized carbons (Fsp3) is 0.444.